The normalized spacial score (nSPS) is 22.9. The summed E-state index contributed by atoms with van der Waals surface area (Å²) in [6, 6.07) is 4.86. The smallest absolute Gasteiger partial charge is 0.106 e. The van der Waals surface area contributed by atoms with Crippen LogP contribution in [0.25, 0.3) is 0 Å². The summed E-state index contributed by atoms with van der Waals surface area (Å²) in [6.45, 7) is 4.55. The van der Waals surface area contributed by atoms with E-state index in [4.69, 9.17) is 0 Å². The molecule has 1 N–H and O–H groups in total. The van der Waals surface area contributed by atoms with Gasteiger partial charge in [0.05, 0.1) is 0 Å². The van der Waals surface area contributed by atoms with Gasteiger partial charge in [-0.1, -0.05) is 18.9 Å². The van der Waals surface area contributed by atoms with Crippen LogP contribution in [0.5, 0.6) is 0 Å². The fourth-order valence-electron chi connectivity index (χ4n) is 2.74. The van der Waals surface area contributed by atoms with Crippen molar-refractivity contribution in [3.63, 3.8) is 0 Å². The van der Waals surface area contributed by atoms with Crippen molar-refractivity contribution in [3.8, 4) is 0 Å². The molecule has 0 radical (unpaired) electrons. The molecule has 1 aliphatic heterocycles. The SMILES string of the molecule is Brc1ccc([C@@H](CC2CC2)N2CCNCC2)cn1. The summed E-state index contributed by atoms with van der Waals surface area (Å²) in [4.78, 5) is 7.02. The third kappa shape index (κ3) is 3.11. The average Bonchev–Trinajstić information content (AvgIpc) is 3.22. The van der Waals surface area contributed by atoms with Crippen LogP contribution in [0.4, 0.5) is 0 Å². The van der Waals surface area contributed by atoms with E-state index in [0.29, 0.717) is 6.04 Å². The van der Waals surface area contributed by atoms with Gasteiger partial charge in [0.25, 0.3) is 0 Å². The Balaban J connectivity index is 1.76. The quantitative estimate of drug-likeness (QED) is 0.867. The largest absolute Gasteiger partial charge is 0.314 e. The monoisotopic (exact) mass is 309 g/mol. The van der Waals surface area contributed by atoms with Crippen LogP contribution in [0.15, 0.2) is 22.9 Å². The summed E-state index contributed by atoms with van der Waals surface area (Å²) < 4.78 is 0.928. The van der Waals surface area contributed by atoms with Crippen LogP contribution in [0.3, 0.4) is 0 Å². The molecule has 0 aromatic carbocycles. The van der Waals surface area contributed by atoms with Gasteiger partial charge >= 0.3 is 0 Å². The van der Waals surface area contributed by atoms with E-state index in [0.717, 1.165) is 36.7 Å². The number of pyridine rings is 1. The van der Waals surface area contributed by atoms with Crippen molar-refractivity contribution in [2.45, 2.75) is 25.3 Å². The predicted octanol–water partition coefficient (Wildman–Crippen LogP) is 2.59. The molecule has 2 aliphatic rings. The molecule has 18 heavy (non-hydrogen) atoms. The van der Waals surface area contributed by atoms with Crippen LogP contribution < -0.4 is 5.32 Å². The van der Waals surface area contributed by atoms with E-state index in [-0.39, 0.29) is 0 Å². The van der Waals surface area contributed by atoms with Gasteiger partial charge < -0.3 is 5.32 Å². The fraction of sp³-hybridized carbons (Fsp3) is 0.643. The lowest BCUT2D eigenvalue weighted by Crippen LogP contribution is -2.45. The third-order valence-corrected chi connectivity index (χ3v) is 4.45. The summed E-state index contributed by atoms with van der Waals surface area (Å²) in [5.41, 5.74) is 1.38. The van der Waals surface area contributed by atoms with Crippen LogP contribution in [0.2, 0.25) is 0 Å². The molecular weight excluding hydrogens is 290 g/mol. The van der Waals surface area contributed by atoms with E-state index >= 15 is 0 Å². The molecule has 1 aromatic heterocycles. The number of rotatable bonds is 4. The maximum absolute atomic E-state index is 4.40. The molecule has 1 saturated carbocycles. The van der Waals surface area contributed by atoms with E-state index in [1.54, 1.807) is 0 Å². The zero-order chi connectivity index (χ0) is 12.4. The lowest BCUT2D eigenvalue weighted by atomic mass is 10.0. The van der Waals surface area contributed by atoms with Crippen molar-refractivity contribution in [1.82, 2.24) is 15.2 Å². The summed E-state index contributed by atoms with van der Waals surface area (Å²) in [7, 11) is 0. The highest BCUT2D eigenvalue weighted by molar-refractivity contribution is 9.10. The highest BCUT2D eigenvalue weighted by Crippen LogP contribution is 2.40. The Bertz CT molecular complexity index is 383. The number of halogens is 1. The summed E-state index contributed by atoms with van der Waals surface area (Å²) in [5.74, 6) is 0.952. The molecule has 0 bridgehead atoms. The van der Waals surface area contributed by atoms with Gasteiger partial charge in [-0.05, 0) is 39.9 Å². The predicted molar refractivity (Wildman–Crippen MR) is 76.5 cm³/mol. The van der Waals surface area contributed by atoms with Gasteiger partial charge in [0.2, 0.25) is 0 Å². The van der Waals surface area contributed by atoms with Crippen LogP contribution in [0.1, 0.15) is 30.9 Å². The third-order valence-electron chi connectivity index (χ3n) is 3.98. The summed E-state index contributed by atoms with van der Waals surface area (Å²) in [6.07, 6.45) is 6.20. The van der Waals surface area contributed by atoms with Crippen molar-refractivity contribution in [1.29, 1.82) is 0 Å². The Labute approximate surface area is 117 Å². The number of piperazine rings is 1. The Morgan fingerprint density at radius 1 is 1.33 bits per heavy atom. The van der Waals surface area contributed by atoms with Gasteiger partial charge in [0, 0.05) is 38.4 Å². The molecule has 3 nitrogen and oxygen atoms in total. The van der Waals surface area contributed by atoms with Crippen LogP contribution in [-0.2, 0) is 0 Å². The Morgan fingerprint density at radius 2 is 2.11 bits per heavy atom. The maximum atomic E-state index is 4.40. The molecule has 2 heterocycles. The van der Waals surface area contributed by atoms with Crippen molar-refractivity contribution in [2.24, 2.45) is 5.92 Å². The molecule has 3 rings (SSSR count). The van der Waals surface area contributed by atoms with Crippen molar-refractivity contribution in [3.05, 3.63) is 28.5 Å². The lowest BCUT2D eigenvalue weighted by molar-refractivity contribution is 0.160. The topological polar surface area (TPSA) is 28.2 Å². The minimum atomic E-state index is 0.570. The van der Waals surface area contributed by atoms with E-state index in [1.807, 2.05) is 6.20 Å². The molecule has 0 amide bonds. The zero-order valence-corrected chi connectivity index (χ0v) is 12.2. The number of hydrogen-bond acceptors (Lipinski definition) is 3. The Morgan fingerprint density at radius 3 is 2.72 bits per heavy atom. The van der Waals surface area contributed by atoms with Crippen LogP contribution in [-0.4, -0.2) is 36.1 Å². The van der Waals surface area contributed by atoms with Gasteiger partial charge in [-0.15, -0.1) is 0 Å². The zero-order valence-electron chi connectivity index (χ0n) is 10.6. The molecule has 98 valence electrons. The fourth-order valence-corrected chi connectivity index (χ4v) is 2.98. The lowest BCUT2D eigenvalue weighted by Gasteiger charge is -2.35. The molecule has 1 aliphatic carbocycles. The summed E-state index contributed by atoms with van der Waals surface area (Å²) in [5, 5.41) is 3.43. The van der Waals surface area contributed by atoms with Crippen molar-refractivity contribution in [2.75, 3.05) is 26.2 Å². The molecule has 0 unspecified atom stereocenters. The number of hydrogen-bond donors (Lipinski definition) is 1. The van der Waals surface area contributed by atoms with E-state index in [1.165, 1.54) is 24.8 Å². The van der Waals surface area contributed by atoms with Gasteiger partial charge in [-0.3, -0.25) is 4.90 Å². The number of aromatic nitrogens is 1. The molecule has 1 aromatic rings. The first-order valence-corrected chi connectivity index (χ1v) is 7.68. The first-order chi connectivity index (χ1) is 8.83. The van der Waals surface area contributed by atoms with Gasteiger partial charge in [0.1, 0.15) is 4.60 Å². The molecule has 2 fully saturated rings. The molecule has 4 heteroatoms. The number of nitrogens with one attached hydrogen (secondary N) is 1. The highest BCUT2D eigenvalue weighted by atomic mass is 79.9. The first-order valence-electron chi connectivity index (χ1n) is 6.89. The molecule has 1 saturated heterocycles. The van der Waals surface area contributed by atoms with Gasteiger partial charge in [-0.25, -0.2) is 4.98 Å². The molecule has 0 spiro atoms. The van der Waals surface area contributed by atoms with Crippen LogP contribution >= 0.6 is 15.9 Å². The number of nitrogens with zero attached hydrogens (tertiary/aromatic N) is 2. The van der Waals surface area contributed by atoms with Gasteiger partial charge in [0.15, 0.2) is 0 Å². The first kappa shape index (κ1) is 12.6. The van der Waals surface area contributed by atoms with Crippen LogP contribution in [0, 0.1) is 5.92 Å². The minimum Gasteiger partial charge on any atom is -0.314 e. The summed E-state index contributed by atoms with van der Waals surface area (Å²) >= 11 is 3.42. The molecule has 1 atom stereocenters. The van der Waals surface area contributed by atoms with Gasteiger partial charge in [-0.2, -0.15) is 0 Å². The van der Waals surface area contributed by atoms with E-state index < -0.39 is 0 Å². The molecular formula is C14H20BrN3. The highest BCUT2D eigenvalue weighted by Gasteiger charge is 2.30. The second-order valence-electron chi connectivity index (χ2n) is 5.40. The second kappa shape index (κ2) is 5.68. The second-order valence-corrected chi connectivity index (χ2v) is 6.21. The van der Waals surface area contributed by atoms with Crippen molar-refractivity contribution < 1.29 is 0 Å². The maximum Gasteiger partial charge on any atom is 0.106 e. The van der Waals surface area contributed by atoms with E-state index in [9.17, 15) is 0 Å². The average molecular weight is 310 g/mol. The Hall–Kier alpha value is -0.450. The van der Waals surface area contributed by atoms with Crippen molar-refractivity contribution >= 4 is 15.9 Å². The Kier molecular flexibility index (Phi) is 3.97. The van der Waals surface area contributed by atoms with E-state index in [2.05, 4.69) is 43.3 Å². The minimum absolute atomic E-state index is 0.570. The standard InChI is InChI=1S/C14H20BrN3/c15-14-4-3-12(10-17-14)13(9-11-1-2-11)18-7-5-16-6-8-18/h3-4,10-11,13,16H,1-2,5-9H2/t13-/m1/s1.